The molecule has 0 aliphatic carbocycles. The molecular formula is C18H22F3N3O3. The molecule has 1 aromatic carbocycles. The van der Waals surface area contributed by atoms with E-state index in [1.807, 2.05) is 13.8 Å². The molecule has 1 amide bonds. The summed E-state index contributed by atoms with van der Waals surface area (Å²) in [4.78, 5) is 12.1. The summed E-state index contributed by atoms with van der Waals surface area (Å²) >= 11 is 0. The van der Waals surface area contributed by atoms with Crippen LogP contribution in [-0.4, -0.2) is 28.9 Å². The zero-order valence-electron chi connectivity index (χ0n) is 15.4. The first-order valence-electron chi connectivity index (χ1n) is 8.51. The lowest BCUT2D eigenvalue weighted by molar-refractivity contribution is -0.144. The van der Waals surface area contributed by atoms with Gasteiger partial charge in [-0.05, 0) is 44.5 Å². The maximum atomic E-state index is 13.0. The van der Waals surface area contributed by atoms with E-state index in [0.717, 1.165) is 11.6 Å². The van der Waals surface area contributed by atoms with Crippen LogP contribution in [-0.2, 0) is 24.1 Å². The molecule has 6 nitrogen and oxygen atoms in total. The lowest BCUT2D eigenvalue weighted by Crippen LogP contribution is -2.29. The number of benzene rings is 1. The topological polar surface area (TPSA) is 65.4 Å². The maximum absolute atomic E-state index is 13.0. The van der Waals surface area contributed by atoms with Gasteiger partial charge in [-0.15, -0.1) is 0 Å². The number of rotatable bonds is 8. The summed E-state index contributed by atoms with van der Waals surface area (Å²) in [5.74, 6) is 0.569. The Morgan fingerprint density at radius 3 is 2.44 bits per heavy atom. The first-order valence-corrected chi connectivity index (χ1v) is 8.51. The number of ether oxygens (including phenoxy) is 2. The number of hydrogen-bond acceptors (Lipinski definition) is 4. The zero-order chi connectivity index (χ0) is 20.0. The molecule has 0 fully saturated rings. The number of halogens is 3. The Morgan fingerprint density at radius 1 is 1.15 bits per heavy atom. The predicted octanol–water partition coefficient (Wildman–Crippen LogP) is 3.32. The van der Waals surface area contributed by atoms with Crippen molar-refractivity contribution in [3.63, 3.8) is 0 Å². The van der Waals surface area contributed by atoms with Crippen LogP contribution in [0.2, 0.25) is 0 Å². The molecule has 9 heteroatoms. The molecule has 0 bridgehead atoms. The Hall–Kier alpha value is -2.71. The highest BCUT2D eigenvalue weighted by Gasteiger charge is 2.35. The summed E-state index contributed by atoms with van der Waals surface area (Å²) < 4.78 is 50.5. The molecule has 27 heavy (non-hydrogen) atoms. The molecule has 1 heterocycles. The van der Waals surface area contributed by atoms with Gasteiger partial charge in [0, 0.05) is 6.54 Å². The largest absolute Gasteiger partial charge is 0.490 e. The Kier molecular flexibility index (Phi) is 6.70. The molecule has 0 saturated heterocycles. The summed E-state index contributed by atoms with van der Waals surface area (Å²) in [6, 6.07) is 6.13. The number of carbonyl (C=O) groups is 1. The van der Waals surface area contributed by atoms with Gasteiger partial charge < -0.3 is 14.8 Å². The molecule has 1 N–H and O–H groups in total. The van der Waals surface area contributed by atoms with Crippen molar-refractivity contribution in [2.75, 3.05) is 13.2 Å². The SMILES string of the molecule is CCOc1ccc(CNC(=O)Cn2nc(C)cc2C(F)(F)F)cc1OCC. The van der Waals surface area contributed by atoms with E-state index in [2.05, 4.69) is 10.4 Å². The standard InChI is InChI=1S/C18H22F3N3O3/c1-4-26-14-7-6-13(9-15(14)27-5-2)10-22-17(25)11-24-16(18(19,20)21)8-12(3)23-24/h6-9H,4-5,10-11H2,1-3H3,(H,22,25). The van der Waals surface area contributed by atoms with Gasteiger partial charge in [0.1, 0.15) is 12.2 Å². The van der Waals surface area contributed by atoms with Gasteiger partial charge in [0.05, 0.1) is 18.9 Å². The second-order valence-corrected chi connectivity index (χ2v) is 5.75. The summed E-state index contributed by atoms with van der Waals surface area (Å²) in [7, 11) is 0. The third kappa shape index (κ3) is 5.63. The van der Waals surface area contributed by atoms with E-state index in [1.165, 1.54) is 6.92 Å². The lowest BCUT2D eigenvalue weighted by Gasteiger charge is -2.13. The molecule has 2 rings (SSSR count). The van der Waals surface area contributed by atoms with Crippen molar-refractivity contribution in [2.24, 2.45) is 0 Å². The summed E-state index contributed by atoms with van der Waals surface area (Å²) in [6.07, 6.45) is -4.57. The number of nitrogens with one attached hydrogen (secondary N) is 1. The molecule has 0 atom stereocenters. The molecule has 0 spiro atoms. The predicted molar refractivity (Wildman–Crippen MR) is 92.6 cm³/mol. The van der Waals surface area contributed by atoms with E-state index in [0.29, 0.717) is 29.4 Å². The minimum Gasteiger partial charge on any atom is -0.490 e. The van der Waals surface area contributed by atoms with Crippen LogP contribution in [0.3, 0.4) is 0 Å². The van der Waals surface area contributed by atoms with Crippen LogP contribution in [0, 0.1) is 6.92 Å². The summed E-state index contributed by atoms with van der Waals surface area (Å²) in [5, 5.41) is 6.33. The van der Waals surface area contributed by atoms with Crippen molar-refractivity contribution < 1.29 is 27.4 Å². The van der Waals surface area contributed by atoms with Crippen molar-refractivity contribution in [1.82, 2.24) is 15.1 Å². The minimum absolute atomic E-state index is 0.146. The summed E-state index contributed by atoms with van der Waals surface area (Å²) in [6.45, 7) is 5.71. The lowest BCUT2D eigenvalue weighted by atomic mass is 10.2. The van der Waals surface area contributed by atoms with E-state index in [4.69, 9.17) is 9.47 Å². The van der Waals surface area contributed by atoms with Gasteiger partial charge in [0.2, 0.25) is 5.91 Å². The van der Waals surface area contributed by atoms with Crippen molar-refractivity contribution in [3.8, 4) is 11.5 Å². The first-order chi connectivity index (χ1) is 12.7. The third-order valence-corrected chi connectivity index (χ3v) is 3.58. The second kappa shape index (κ2) is 8.79. The van der Waals surface area contributed by atoms with E-state index in [-0.39, 0.29) is 12.2 Å². The number of alkyl halides is 3. The fraction of sp³-hybridized carbons (Fsp3) is 0.444. The highest BCUT2D eigenvalue weighted by molar-refractivity contribution is 5.75. The number of nitrogens with zero attached hydrogens (tertiary/aromatic N) is 2. The highest BCUT2D eigenvalue weighted by Crippen LogP contribution is 2.30. The van der Waals surface area contributed by atoms with Crippen molar-refractivity contribution in [3.05, 3.63) is 41.2 Å². The quantitative estimate of drug-likeness (QED) is 0.757. The normalized spacial score (nSPS) is 11.3. The first kappa shape index (κ1) is 20.6. The van der Waals surface area contributed by atoms with Gasteiger partial charge in [-0.2, -0.15) is 18.3 Å². The van der Waals surface area contributed by atoms with E-state index in [1.54, 1.807) is 18.2 Å². The van der Waals surface area contributed by atoms with E-state index in [9.17, 15) is 18.0 Å². The number of amides is 1. The average Bonchev–Trinajstić information content (AvgIpc) is 2.96. The number of aromatic nitrogens is 2. The van der Waals surface area contributed by atoms with Crippen LogP contribution in [0.1, 0.15) is 30.8 Å². The van der Waals surface area contributed by atoms with Gasteiger partial charge in [0.15, 0.2) is 11.5 Å². The molecule has 148 valence electrons. The van der Waals surface area contributed by atoms with Crippen molar-refractivity contribution in [1.29, 1.82) is 0 Å². The Bertz CT molecular complexity index is 788. The van der Waals surface area contributed by atoms with Crippen molar-refractivity contribution >= 4 is 5.91 Å². The van der Waals surface area contributed by atoms with Crippen LogP contribution in [0.25, 0.3) is 0 Å². The molecule has 2 aromatic rings. The van der Waals surface area contributed by atoms with Crippen LogP contribution >= 0.6 is 0 Å². The fourth-order valence-corrected chi connectivity index (χ4v) is 2.49. The molecule has 0 aliphatic heterocycles. The molecule has 0 unspecified atom stereocenters. The Morgan fingerprint density at radius 2 is 1.81 bits per heavy atom. The molecule has 0 radical (unpaired) electrons. The van der Waals surface area contributed by atoms with Gasteiger partial charge in [0.25, 0.3) is 0 Å². The monoisotopic (exact) mass is 385 g/mol. The zero-order valence-corrected chi connectivity index (χ0v) is 15.4. The van der Waals surface area contributed by atoms with Gasteiger partial charge in [-0.3, -0.25) is 9.48 Å². The fourth-order valence-electron chi connectivity index (χ4n) is 2.49. The summed E-state index contributed by atoms with van der Waals surface area (Å²) in [5.41, 5.74) is -0.0132. The molecule has 0 saturated carbocycles. The van der Waals surface area contributed by atoms with Crippen LogP contribution < -0.4 is 14.8 Å². The van der Waals surface area contributed by atoms with E-state index >= 15 is 0 Å². The number of aryl methyl sites for hydroxylation is 1. The molecule has 0 aliphatic rings. The minimum atomic E-state index is -4.57. The molecular weight excluding hydrogens is 363 g/mol. The van der Waals surface area contributed by atoms with Crippen LogP contribution in [0.5, 0.6) is 11.5 Å². The van der Waals surface area contributed by atoms with E-state index < -0.39 is 24.3 Å². The smallest absolute Gasteiger partial charge is 0.433 e. The maximum Gasteiger partial charge on any atom is 0.433 e. The number of carbonyl (C=O) groups excluding carboxylic acids is 1. The van der Waals surface area contributed by atoms with Crippen LogP contribution in [0.15, 0.2) is 24.3 Å². The van der Waals surface area contributed by atoms with Gasteiger partial charge >= 0.3 is 6.18 Å². The highest BCUT2D eigenvalue weighted by atomic mass is 19.4. The average molecular weight is 385 g/mol. The number of hydrogen-bond donors (Lipinski definition) is 1. The van der Waals surface area contributed by atoms with Gasteiger partial charge in [-0.1, -0.05) is 6.07 Å². The second-order valence-electron chi connectivity index (χ2n) is 5.75. The van der Waals surface area contributed by atoms with Gasteiger partial charge in [-0.25, -0.2) is 0 Å². The Labute approximate surface area is 155 Å². The third-order valence-electron chi connectivity index (χ3n) is 3.58. The molecule has 1 aromatic heterocycles. The van der Waals surface area contributed by atoms with Crippen LogP contribution in [0.4, 0.5) is 13.2 Å². The van der Waals surface area contributed by atoms with Crippen molar-refractivity contribution in [2.45, 2.75) is 40.0 Å². The Balaban J connectivity index is 2.03.